The highest BCUT2D eigenvalue weighted by Crippen LogP contribution is 2.39. The second-order valence-electron chi connectivity index (χ2n) is 6.81. The average molecular weight is 416 g/mol. The van der Waals surface area contributed by atoms with Gasteiger partial charge in [-0.25, -0.2) is 0 Å². The van der Waals surface area contributed by atoms with Crippen LogP contribution in [-0.4, -0.2) is 12.0 Å². The molecule has 0 heterocycles. The monoisotopic (exact) mass is 416 g/mol. The molecule has 1 aliphatic rings. The summed E-state index contributed by atoms with van der Waals surface area (Å²) >= 11 is 1.49. The van der Waals surface area contributed by atoms with Crippen molar-refractivity contribution >= 4 is 23.2 Å². The lowest BCUT2D eigenvalue weighted by molar-refractivity contribution is -0.137. The zero-order valence-electron chi connectivity index (χ0n) is 15.9. The van der Waals surface area contributed by atoms with E-state index in [0.717, 1.165) is 22.6 Å². The van der Waals surface area contributed by atoms with Crippen LogP contribution >= 0.6 is 11.8 Å². The Morgan fingerprint density at radius 2 is 1.93 bits per heavy atom. The number of rotatable bonds is 5. The summed E-state index contributed by atoms with van der Waals surface area (Å²) < 4.78 is 39.0. The van der Waals surface area contributed by atoms with Gasteiger partial charge in [-0.05, 0) is 48.6 Å². The quantitative estimate of drug-likeness (QED) is 0.596. The van der Waals surface area contributed by atoms with E-state index in [4.69, 9.17) is 5.26 Å². The van der Waals surface area contributed by atoms with Gasteiger partial charge in [0.25, 0.3) is 0 Å². The van der Waals surface area contributed by atoms with Gasteiger partial charge in [0.2, 0.25) is 0 Å². The van der Waals surface area contributed by atoms with Crippen molar-refractivity contribution in [2.75, 3.05) is 11.6 Å². The van der Waals surface area contributed by atoms with Crippen LogP contribution in [0.25, 0.3) is 0 Å². The Bertz CT molecular complexity index is 1020. The number of thioether (sulfide) groups is 1. The first-order valence-corrected chi connectivity index (χ1v) is 10.3. The van der Waals surface area contributed by atoms with Gasteiger partial charge < -0.3 is 5.32 Å². The van der Waals surface area contributed by atoms with Crippen molar-refractivity contribution in [3.05, 3.63) is 70.4 Å². The fraction of sp³-hybridized carbons (Fsp3) is 0.273. The molecular formula is C22H19F3N2OS. The highest BCUT2D eigenvalue weighted by atomic mass is 32.2. The fourth-order valence-electron chi connectivity index (χ4n) is 3.55. The van der Waals surface area contributed by atoms with Crippen LogP contribution in [0.3, 0.4) is 0 Å². The molecule has 0 saturated heterocycles. The summed E-state index contributed by atoms with van der Waals surface area (Å²) in [5, 5.41) is 12.2. The third-order valence-electron chi connectivity index (χ3n) is 4.97. The van der Waals surface area contributed by atoms with Crippen molar-refractivity contribution in [2.45, 2.75) is 36.8 Å². The van der Waals surface area contributed by atoms with E-state index in [0.29, 0.717) is 35.4 Å². The number of benzene rings is 2. The number of hydrogen-bond donors (Lipinski definition) is 1. The molecule has 7 heteroatoms. The van der Waals surface area contributed by atoms with Crippen molar-refractivity contribution in [1.29, 1.82) is 5.26 Å². The summed E-state index contributed by atoms with van der Waals surface area (Å²) in [4.78, 5) is 13.5. The topological polar surface area (TPSA) is 52.9 Å². The number of Topliss-reactive ketones (excluding diaryl/α,β-unsaturated/α-hetero) is 1. The van der Waals surface area contributed by atoms with Gasteiger partial charge in [0.1, 0.15) is 0 Å². The van der Waals surface area contributed by atoms with Crippen molar-refractivity contribution in [3.63, 3.8) is 0 Å². The number of anilines is 1. The molecule has 1 N–H and O–H groups in total. The molecule has 0 spiro atoms. The normalized spacial score (nSPS) is 15.4. The maximum absolute atomic E-state index is 13.0. The van der Waals surface area contributed by atoms with Crippen LogP contribution in [0.5, 0.6) is 0 Å². The number of alkyl halides is 3. The summed E-state index contributed by atoms with van der Waals surface area (Å²) in [7, 11) is 0. The van der Waals surface area contributed by atoms with Gasteiger partial charge in [-0.3, -0.25) is 4.79 Å². The van der Waals surface area contributed by atoms with E-state index in [1.807, 2.05) is 19.2 Å². The first-order chi connectivity index (χ1) is 13.7. The number of carbonyl (C=O) groups excluding carboxylic acids is 1. The van der Waals surface area contributed by atoms with E-state index in [1.54, 1.807) is 18.2 Å². The molecule has 2 aromatic rings. The number of ketones is 1. The molecule has 0 saturated carbocycles. The van der Waals surface area contributed by atoms with Gasteiger partial charge >= 0.3 is 6.18 Å². The molecule has 0 amide bonds. The smallest absolute Gasteiger partial charge is 0.359 e. The Kier molecular flexibility index (Phi) is 6.04. The molecule has 0 fully saturated rings. The van der Waals surface area contributed by atoms with Gasteiger partial charge in [0, 0.05) is 34.2 Å². The highest BCUT2D eigenvalue weighted by molar-refractivity contribution is 7.98. The van der Waals surface area contributed by atoms with Crippen LogP contribution in [0.4, 0.5) is 18.9 Å². The minimum absolute atomic E-state index is 0.0108. The molecule has 1 unspecified atom stereocenters. The fourth-order valence-corrected chi connectivity index (χ4v) is 4.28. The lowest BCUT2D eigenvalue weighted by atomic mass is 9.90. The third-order valence-corrected chi connectivity index (χ3v) is 5.77. The molecule has 1 aliphatic carbocycles. The standard InChI is InChI=1S/C22H19F3N2OS/c1-13(17-7-6-14(12-26)10-20(17)29-2)21-18(8-9-19(21)28)27-16-5-3-4-15(11-16)22(23,24)25/h3-7,10-11,13,27H,8-9H2,1-2H3. The van der Waals surface area contributed by atoms with Crippen molar-refractivity contribution in [3.8, 4) is 6.07 Å². The molecule has 3 nitrogen and oxygen atoms in total. The number of carbonyl (C=O) groups is 1. The van der Waals surface area contributed by atoms with Gasteiger partial charge in [0.15, 0.2) is 5.78 Å². The van der Waals surface area contributed by atoms with E-state index in [2.05, 4.69) is 11.4 Å². The molecule has 29 heavy (non-hydrogen) atoms. The number of allylic oxidation sites excluding steroid dienone is 2. The Hall–Kier alpha value is -2.72. The summed E-state index contributed by atoms with van der Waals surface area (Å²) in [6.07, 6.45) is -1.74. The van der Waals surface area contributed by atoms with Gasteiger partial charge in [-0.2, -0.15) is 18.4 Å². The van der Waals surface area contributed by atoms with E-state index < -0.39 is 11.7 Å². The maximum Gasteiger partial charge on any atom is 0.416 e. The summed E-state index contributed by atoms with van der Waals surface area (Å²) in [5.41, 5.74) is 2.27. The van der Waals surface area contributed by atoms with E-state index >= 15 is 0 Å². The van der Waals surface area contributed by atoms with Crippen molar-refractivity contribution in [2.24, 2.45) is 0 Å². The van der Waals surface area contributed by atoms with Crippen molar-refractivity contribution in [1.82, 2.24) is 0 Å². The first kappa shape index (κ1) is 21.0. The molecule has 0 bridgehead atoms. The average Bonchev–Trinajstić information content (AvgIpc) is 3.06. The molecule has 0 radical (unpaired) electrons. The lowest BCUT2D eigenvalue weighted by Gasteiger charge is -2.19. The zero-order chi connectivity index (χ0) is 21.2. The van der Waals surface area contributed by atoms with Crippen molar-refractivity contribution < 1.29 is 18.0 Å². The van der Waals surface area contributed by atoms with Crippen LogP contribution in [0, 0.1) is 11.3 Å². The minimum Gasteiger partial charge on any atom is -0.359 e. The van der Waals surface area contributed by atoms with Gasteiger partial charge in [-0.15, -0.1) is 11.8 Å². The van der Waals surface area contributed by atoms with Crippen LogP contribution in [-0.2, 0) is 11.0 Å². The Morgan fingerprint density at radius 1 is 1.17 bits per heavy atom. The number of nitrogens with zero attached hydrogens (tertiary/aromatic N) is 1. The number of nitrogens with one attached hydrogen (secondary N) is 1. The van der Waals surface area contributed by atoms with E-state index in [1.165, 1.54) is 17.8 Å². The molecule has 3 rings (SSSR count). The van der Waals surface area contributed by atoms with Gasteiger partial charge in [0.05, 0.1) is 17.2 Å². The second-order valence-corrected chi connectivity index (χ2v) is 7.66. The SMILES string of the molecule is CSc1cc(C#N)ccc1C(C)C1=C(Nc2cccc(C(F)(F)F)c2)CCC1=O. The number of hydrogen-bond acceptors (Lipinski definition) is 4. The molecule has 0 aliphatic heterocycles. The second kappa shape index (κ2) is 8.34. The Balaban J connectivity index is 1.98. The lowest BCUT2D eigenvalue weighted by Crippen LogP contribution is -2.11. The highest BCUT2D eigenvalue weighted by Gasteiger charge is 2.32. The third kappa shape index (κ3) is 4.48. The summed E-state index contributed by atoms with van der Waals surface area (Å²) in [6, 6.07) is 12.4. The molecular weight excluding hydrogens is 397 g/mol. The molecule has 1 atom stereocenters. The summed E-state index contributed by atoms with van der Waals surface area (Å²) in [5.74, 6) is -0.253. The first-order valence-electron chi connectivity index (χ1n) is 9.03. The zero-order valence-corrected chi connectivity index (χ0v) is 16.7. The van der Waals surface area contributed by atoms with Crippen LogP contribution < -0.4 is 5.32 Å². The molecule has 0 aromatic heterocycles. The van der Waals surface area contributed by atoms with Crippen LogP contribution in [0.15, 0.2) is 58.6 Å². The Labute approximate surface area is 171 Å². The maximum atomic E-state index is 13.0. The predicted octanol–water partition coefficient (Wildman–Crippen LogP) is 6.13. The van der Waals surface area contributed by atoms with Crippen LogP contribution in [0.1, 0.15) is 42.4 Å². The molecule has 150 valence electrons. The Morgan fingerprint density at radius 3 is 2.59 bits per heavy atom. The van der Waals surface area contributed by atoms with E-state index in [9.17, 15) is 18.0 Å². The van der Waals surface area contributed by atoms with Gasteiger partial charge in [-0.1, -0.05) is 19.1 Å². The molecule has 2 aromatic carbocycles. The largest absolute Gasteiger partial charge is 0.416 e. The van der Waals surface area contributed by atoms with E-state index in [-0.39, 0.29) is 11.7 Å². The predicted molar refractivity (Wildman–Crippen MR) is 108 cm³/mol. The minimum atomic E-state index is -4.43. The van der Waals surface area contributed by atoms with Crippen LogP contribution in [0.2, 0.25) is 0 Å². The number of halogens is 3. The number of nitriles is 1. The summed E-state index contributed by atoms with van der Waals surface area (Å²) in [6.45, 7) is 1.91.